The Hall–Kier alpha value is 1.19. The molecule has 0 saturated heterocycles. The molecule has 0 fully saturated rings. The topological polar surface area (TPSA) is 146 Å². The summed E-state index contributed by atoms with van der Waals surface area (Å²) in [5.41, 5.74) is 0. The van der Waals surface area contributed by atoms with E-state index >= 15 is 0 Å². The fourth-order valence-electron chi connectivity index (χ4n) is 0. The van der Waals surface area contributed by atoms with Gasteiger partial charge in [-0.2, -0.15) is 0 Å². The van der Waals surface area contributed by atoms with E-state index in [1.165, 1.54) is 0 Å². The molecule has 0 aliphatic heterocycles. The second kappa shape index (κ2) is 195. The van der Waals surface area contributed by atoms with Crippen molar-refractivity contribution in [1.82, 2.24) is 0 Å². The molecule has 0 aromatic carbocycles. The fourth-order valence-corrected chi connectivity index (χ4v) is 0. The van der Waals surface area contributed by atoms with Crippen molar-refractivity contribution >= 4 is 0 Å². The number of rotatable bonds is 0. The predicted molar refractivity (Wildman–Crippen MR) is 6.36 cm³/mol. The molecule has 0 saturated carbocycles. The average molecular weight is 455 g/mol. The van der Waals surface area contributed by atoms with Crippen LogP contribution >= 0.6 is 0 Å². The maximum Gasteiger partial charge on any atom is 5.00 e. The molecule has 0 aromatic rings. The van der Waals surface area contributed by atoms with E-state index < -0.39 is 0 Å². The van der Waals surface area contributed by atoms with Gasteiger partial charge in [0.05, 0.1) is 0 Å². The molecule has 5 nitrogen and oxygen atoms in total. The largest absolute Gasteiger partial charge is 5.00 e. The molecule has 0 bridgehead atoms. The van der Waals surface area contributed by atoms with Gasteiger partial charge < -0.3 is 27.4 Å². The summed E-state index contributed by atoms with van der Waals surface area (Å²) in [4.78, 5) is 0. The minimum atomic E-state index is 0. The van der Waals surface area contributed by atoms with Gasteiger partial charge in [0, 0.05) is 0 Å². The minimum Gasteiger partial charge on any atom is -2.00 e. The Morgan fingerprint density at radius 1 is 0.571 bits per heavy atom. The van der Waals surface area contributed by atoms with Crippen LogP contribution < -0.4 is 0 Å². The molecule has 0 amide bonds. The Bertz CT molecular complexity index is 8.04. The van der Waals surface area contributed by atoms with Gasteiger partial charge in [-0.05, 0) is 0 Å². The summed E-state index contributed by atoms with van der Waals surface area (Å²) in [7, 11) is 0. The molecule has 0 aromatic heterocycles. The Labute approximate surface area is 69.9 Å². The molecule has 7 heavy (non-hydrogen) atoms. The van der Waals surface area contributed by atoms with Crippen LogP contribution in [-0.2, 0) is 64.4 Å². The van der Waals surface area contributed by atoms with Crippen molar-refractivity contribution < 1.29 is 69.9 Å². The van der Waals surface area contributed by atoms with Crippen molar-refractivity contribution in [2.45, 2.75) is 0 Å². The molecule has 0 aliphatic rings. The van der Waals surface area contributed by atoms with Crippen LogP contribution in [0.25, 0.3) is 0 Å². The molecule has 0 heterocycles. The van der Waals surface area contributed by atoms with Crippen molar-refractivity contribution in [2.24, 2.45) is 0 Å². The first-order chi connectivity index (χ1) is 0. The summed E-state index contributed by atoms with van der Waals surface area (Å²) in [6.45, 7) is 0. The molecule has 0 atom stereocenters. The molecule has 0 spiro atoms. The van der Waals surface area contributed by atoms with Crippen LogP contribution in [0.1, 0.15) is 0 Å². The zero-order valence-electron chi connectivity index (χ0n) is 2.91. The van der Waals surface area contributed by atoms with E-state index in [9.17, 15) is 0 Å². The molecule has 7 heteroatoms. The monoisotopic (exact) mass is 456 g/mol. The molecule has 0 unspecified atom stereocenters. The summed E-state index contributed by atoms with van der Waals surface area (Å²) in [6.07, 6.45) is 0. The third-order valence-electron chi connectivity index (χ3n) is 0. The van der Waals surface area contributed by atoms with Crippen molar-refractivity contribution in [2.75, 3.05) is 0 Å². The first-order valence-corrected chi connectivity index (χ1v) is 0. The summed E-state index contributed by atoms with van der Waals surface area (Å²) in [5, 5.41) is 0. The molecule has 0 aliphatic carbocycles. The second-order valence-corrected chi connectivity index (χ2v) is 0. The number of hydrogen-bond donors (Lipinski definition) is 0. The Kier molecular flexibility index (Phi) is 8320. The summed E-state index contributed by atoms with van der Waals surface area (Å²) in [6, 6.07) is 0. The van der Waals surface area contributed by atoms with E-state index in [0.29, 0.717) is 0 Å². The number of hydrogen-bond acceptors (Lipinski definition) is 0. The Balaban J connectivity index is 0. The van der Waals surface area contributed by atoms with E-state index in [1.807, 2.05) is 0 Å². The summed E-state index contributed by atoms with van der Waals surface area (Å²) >= 11 is 0. The molecular weight excluding hydrogens is 453 g/mol. The second-order valence-electron chi connectivity index (χ2n) is 0. The van der Waals surface area contributed by atoms with Crippen LogP contribution in [0.3, 0.4) is 0 Å². The van der Waals surface area contributed by atoms with Gasteiger partial charge in [-0.1, -0.05) is 0 Å². The van der Waals surface area contributed by atoms with Crippen LogP contribution in [0, 0.1) is 0 Å². The van der Waals surface area contributed by atoms with Crippen LogP contribution in [0.2, 0.25) is 0 Å². The van der Waals surface area contributed by atoms with Crippen LogP contribution in [-0.4, -0.2) is 5.48 Å². The van der Waals surface area contributed by atoms with E-state index in [-0.39, 0.29) is 69.9 Å². The summed E-state index contributed by atoms with van der Waals surface area (Å²) < 4.78 is 0. The zero-order chi connectivity index (χ0) is 0. The normalized spacial score (nSPS) is 0. The van der Waals surface area contributed by atoms with Crippen molar-refractivity contribution in [3.05, 3.63) is 0 Å². The minimum absolute atomic E-state index is 0. The van der Waals surface area contributed by atoms with Crippen molar-refractivity contribution in [3.8, 4) is 0 Å². The Morgan fingerprint density at radius 2 is 0.571 bits per heavy atom. The standard InChI is InChI=1S/Ir.H2O.4O.Ta/h;1H2;;;;;/q+3;;4*-2;+5. The van der Waals surface area contributed by atoms with Gasteiger partial charge in [0.2, 0.25) is 0 Å². The Morgan fingerprint density at radius 3 is 0.571 bits per heavy atom. The third kappa shape index (κ3) is 137. The van der Waals surface area contributed by atoms with Crippen LogP contribution in [0.15, 0.2) is 0 Å². The van der Waals surface area contributed by atoms with E-state index in [2.05, 4.69) is 0 Å². The van der Waals surface area contributed by atoms with Gasteiger partial charge >= 0.3 is 42.5 Å². The smallest absolute Gasteiger partial charge is 2.00 e. The van der Waals surface area contributed by atoms with Gasteiger partial charge in [-0.25, -0.2) is 0 Å². The maximum absolute atomic E-state index is 0. The zero-order valence-corrected chi connectivity index (χ0v) is 8.52. The molecule has 0 rings (SSSR count). The first-order valence-electron chi connectivity index (χ1n) is 0. The SMILES string of the molecule is O.[Ir+3].[O-2].[O-2].[O-2].[O-2].[Ta+5]. The van der Waals surface area contributed by atoms with Crippen molar-refractivity contribution in [3.63, 3.8) is 0 Å². The predicted octanol–water partition coefficient (Wildman–Crippen LogP) is -1.30. The summed E-state index contributed by atoms with van der Waals surface area (Å²) in [5.74, 6) is 0. The third-order valence-corrected chi connectivity index (χ3v) is 0. The first kappa shape index (κ1) is 299. The van der Waals surface area contributed by atoms with Crippen molar-refractivity contribution in [1.29, 1.82) is 0 Å². The van der Waals surface area contributed by atoms with Gasteiger partial charge in [-0.15, -0.1) is 0 Å². The molecule has 2 N–H and O–H groups in total. The van der Waals surface area contributed by atoms with Gasteiger partial charge in [0.15, 0.2) is 0 Å². The van der Waals surface area contributed by atoms with E-state index in [0.717, 1.165) is 0 Å². The van der Waals surface area contributed by atoms with Crippen LogP contribution in [0.5, 0.6) is 0 Å². The van der Waals surface area contributed by atoms with Gasteiger partial charge in [0.25, 0.3) is 0 Å². The van der Waals surface area contributed by atoms with E-state index in [1.54, 1.807) is 0 Å². The molecule has 46 valence electrons. The fraction of sp³-hybridized carbons (Fsp3) is 0. The molecular formula is H2IrO5Ta. The molecule has 0 radical (unpaired) electrons. The average Bonchev–Trinajstić information content (AvgIpc) is 0. The maximum atomic E-state index is 0. The van der Waals surface area contributed by atoms with Gasteiger partial charge in [0.1, 0.15) is 0 Å². The van der Waals surface area contributed by atoms with Crippen LogP contribution in [0.4, 0.5) is 0 Å². The van der Waals surface area contributed by atoms with Gasteiger partial charge in [-0.3, -0.25) is 0 Å². The van der Waals surface area contributed by atoms with E-state index in [4.69, 9.17) is 0 Å². The quantitative estimate of drug-likeness (QED) is 0.428.